The molecule has 1 amide bonds. The van der Waals surface area contributed by atoms with Crippen molar-refractivity contribution in [3.05, 3.63) is 46.8 Å². The molecule has 2 N–H and O–H groups in total. The van der Waals surface area contributed by atoms with Gasteiger partial charge in [0.15, 0.2) is 0 Å². The molecular weight excluding hydrogens is 238 g/mol. The summed E-state index contributed by atoms with van der Waals surface area (Å²) < 4.78 is 0. The number of aromatic amines is 1. The Balaban J connectivity index is 2.01. The molecule has 0 fully saturated rings. The van der Waals surface area contributed by atoms with Gasteiger partial charge in [0.25, 0.3) is 0 Å². The van der Waals surface area contributed by atoms with E-state index in [1.807, 2.05) is 38.1 Å². The molecule has 4 nitrogen and oxygen atoms in total. The average Bonchev–Trinajstić information content (AvgIpc) is 2.71. The number of rotatable bonds is 4. The molecule has 0 unspecified atom stereocenters. The highest BCUT2D eigenvalue weighted by atomic mass is 16.1. The first-order chi connectivity index (χ1) is 9.10. The van der Waals surface area contributed by atoms with Gasteiger partial charge in [-0.25, -0.2) is 0 Å². The van der Waals surface area contributed by atoms with Gasteiger partial charge in [0.05, 0.1) is 12.1 Å². The number of hydrogen-bond acceptors (Lipinski definition) is 2. The number of carbonyl (C=O) groups excluding carboxylic acids is 1. The van der Waals surface area contributed by atoms with Crippen molar-refractivity contribution in [2.75, 3.05) is 5.32 Å². The van der Waals surface area contributed by atoms with Gasteiger partial charge in [-0.3, -0.25) is 9.89 Å². The number of amides is 1. The van der Waals surface area contributed by atoms with Crippen LogP contribution in [0.3, 0.4) is 0 Å². The molecule has 2 rings (SSSR count). The summed E-state index contributed by atoms with van der Waals surface area (Å²) in [6.07, 6.45) is 1.35. The van der Waals surface area contributed by atoms with E-state index in [4.69, 9.17) is 0 Å². The van der Waals surface area contributed by atoms with Crippen molar-refractivity contribution < 1.29 is 4.79 Å². The van der Waals surface area contributed by atoms with Crippen LogP contribution in [0.5, 0.6) is 0 Å². The number of hydrogen-bond donors (Lipinski definition) is 2. The van der Waals surface area contributed by atoms with Crippen molar-refractivity contribution in [3.8, 4) is 0 Å². The van der Waals surface area contributed by atoms with E-state index in [0.717, 1.165) is 29.1 Å². The number of nitrogens with one attached hydrogen (secondary N) is 2. The Labute approximate surface area is 113 Å². The molecular formula is C15H19N3O. The van der Waals surface area contributed by atoms with Gasteiger partial charge in [-0.05, 0) is 38.0 Å². The van der Waals surface area contributed by atoms with Crippen LogP contribution in [0, 0.1) is 13.8 Å². The largest absolute Gasteiger partial charge is 0.326 e. The van der Waals surface area contributed by atoms with E-state index in [2.05, 4.69) is 22.4 Å². The number of aromatic nitrogens is 2. The summed E-state index contributed by atoms with van der Waals surface area (Å²) in [5.41, 5.74) is 4.91. The fourth-order valence-electron chi connectivity index (χ4n) is 2.02. The second kappa shape index (κ2) is 5.69. The Morgan fingerprint density at radius 1 is 1.26 bits per heavy atom. The van der Waals surface area contributed by atoms with Gasteiger partial charge in [-0.15, -0.1) is 0 Å². The number of anilines is 1. The van der Waals surface area contributed by atoms with Crippen molar-refractivity contribution >= 4 is 11.6 Å². The summed E-state index contributed by atoms with van der Waals surface area (Å²) in [7, 11) is 0. The van der Waals surface area contributed by atoms with Gasteiger partial charge in [0.2, 0.25) is 5.91 Å². The molecule has 19 heavy (non-hydrogen) atoms. The van der Waals surface area contributed by atoms with Crippen LogP contribution in [-0.4, -0.2) is 16.1 Å². The summed E-state index contributed by atoms with van der Waals surface area (Å²) >= 11 is 0. The topological polar surface area (TPSA) is 57.8 Å². The smallest absolute Gasteiger partial charge is 0.228 e. The lowest BCUT2D eigenvalue weighted by Gasteiger charge is -2.06. The maximum absolute atomic E-state index is 12.0. The number of carbonyl (C=O) groups is 1. The number of aryl methyl sites for hydroxylation is 3. The van der Waals surface area contributed by atoms with Crippen LogP contribution in [-0.2, 0) is 17.6 Å². The molecule has 1 heterocycles. The van der Waals surface area contributed by atoms with Gasteiger partial charge in [0.1, 0.15) is 0 Å². The van der Waals surface area contributed by atoms with Crippen molar-refractivity contribution in [1.82, 2.24) is 10.2 Å². The van der Waals surface area contributed by atoms with Crippen molar-refractivity contribution in [2.45, 2.75) is 33.6 Å². The summed E-state index contributed by atoms with van der Waals surface area (Å²) in [4.78, 5) is 12.0. The highest BCUT2D eigenvalue weighted by molar-refractivity contribution is 5.92. The van der Waals surface area contributed by atoms with E-state index in [1.165, 1.54) is 5.56 Å². The van der Waals surface area contributed by atoms with Crippen molar-refractivity contribution in [3.63, 3.8) is 0 Å². The lowest BCUT2D eigenvalue weighted by Crippen LogP contribution is -2.15. The van der Waals surface area contributed by atoms with Crippen LogP contribution in [0.2, 0.25) is 0 Å². The van der Waals surface area contributed by atoms with Crippen LogP contribution in [0.25, 0.3) is 0 Å². The maximum Gasteiger partial charge on any atom is 0.228 e. The Bertz CT molecular complexity index is 550. The summed E-state index contributed by atoms with van der Waals surface area (Å²) in [5, 5.41) is 9.89. The molecule has 1 aromatic carbocycles. The molecule has 100 valence electrons. The molecule has 0 aliphatic heterocycles. The average molecular weight is 257 g/mol. The maximum atomic E-state index is 12.0. The van der Waals surface area contributed by atoms with E-state index >= 15 is 0 Å². The van der Waals surface area contributed by atoms with Gasteiger partial charge >= 0.3 is 0 Å². The summed E-state index contributed by atoms with van der Waals surface area (Å²) in [6.45, 7) is 5.94. The Morgan fingerprint density at radius 2 is 1.95 bits per heavy atom. The Hall–Kier alpha value is -2.10. The van der Waals surface area contributed by atoms with E-state index in [9.17, 15) is 4.79 Å². The molecule has 0 saturated carbocycles. The fraction of sp³-hybridized carbons (Fsp3) is 0.333. The van der Waals surface area contributed by atoms with Gasteiger partial charge in [-0.1, -0.05) is 19.1 Å². The molecule has 0 aliphatic rings. The molecule has 0 radical (unpaired) electrons. The Kier molecular flexibility index (Phi) is 4.00. The van der Waals surface area contributed by atoms with Gasteiger partial charge in [-0.2, -0.15) is 5.10 Å². The molecule has 0 bridgehead atoms. The van der Waals surface area contributed by atoms with Crippen molar-refractivity contribution in [2.24, 2.45) is 0 Å². The van der Waals surface area contributed by atoms with Crippen LogP contribution in [0.15, 0.2) is 24.3 Å². The molecule has 4 heteroatoms. The summed E-state index contributed by atoms with van der Waals surface area (Å²) in [6, 6.07) is 7.94. The third-order valence-electron chi connectivity index (χ3n) is 3.26. The molecule has 1 aromatic heterocycles. The number of H-pyrrole nitrogens is 1. The molecule has 0 spiro atoms. The lowest BCUT2D eigenvalue weighted by molar-refractivity contribution is -0.115. The van der Waals surface area contributed by atoms with Crippen LogP contribution in [0.4, 0.5) is 5.69 Å². The molecule has 2 aromatic rings. The molecule has 0 atom stereocenters. The zero-order valence-electron chi connectivity index (χ0n) is 11.6. The third kappa shape index (κ3) is 3.22. The van der Waals surface area contributed by atoms with Gasteiger partial charge < -0.3 is 5.32 Å². The third-order valence-corrected chi connectivity index (χ3v) is 3.26. The first-order valence-electron chi connectivity index (χ1n) is 6.49. The van der Waals surface area contributed by atoms with E-state index in [1.54, 1.807) is 0 Å². The van der Waals surface area contributed by atoms with E-state index in [-0.39, 0.29) is 5.91 Å². The standard InChI is InChI=1S/C15H19N3O/c1-4-12-5-7-13(8-6-12)16-15(19)9-14-10(2)17-18-11(14)3/h5-8H,4,9H2,1-3H3,(H,16,19)(H,17,18). The minimum atomic E-state index is -0.0168. The first-order valence-corrected chi connectivity index (χ1v) is 6.49. The van der Waals surface area contributed by atoms with Gasteiger partial charge in [0, 0.05) is 16.9 Å². The SMILES string of the molecule is CCc1ccc(NC(=O)Cc2c(C)n[nH]c2C)cc1. The van der Waals surface area contributed by atoms with Crippen molar-refractivity contribution in [1.29, 1.82) is 0 Å². The zero-order chi connectivity index (χ0) is 13.8. The summed E-state index contributed by atoms with van der Waals surface area (Å²) in [5.74, 6) is -0.0168. The number of nitrogens with zero attached hydrogens (tertiary/aromatic N) is 1. The van der Waals surface area contributed by atoms with Crippen LogP contribution in [0.1, 0.15) is 29.4 Å². The van der Waals surface area contributed by atoms with Crippen LogP contribution < -0.4 is 5.32 Å². The number of benzene rings is 1. The van der Waals surface area contributed by atoms with Crippen LogP contribution >= 0.6 is 0 Å². The molecule has 0 saturated heterocycles. The monoisotopic (exact) mass is 257 g/mol. The highest BCUT2D eigenvalue weighted by Crippen LogP contribution is 2.13. The molecule has 0 aliphatic carbocycles. The minimum absolute atomic E-state index is 0.0168. The highest BCUT2D eigenvalue weighted by Gasteiger charge is 2.11. The predicted molar refractivity (Wildman–Crippen MR) is 76.2 cm³/mol. The Morgan fingerprint density at radius 3 is 2.47 bits per heavy atom. The van der Waals surface area contributed by atoms with E-state index < -0.39 is 0 Å². The first kappa shape index (κ1) is 13.3. The lowest BCUT2D eigenvalue weighted by atomic mass is 10.1. The predicted octanol–water partition coefficient (Wildman–Crippen LogP) is 2.77. The van der Waals surface area contributed by atoms with E-state index in [0.29, 0.717) is 6.42 Å². The quantitative estimate of drug-likeness (QED) is 0.884. The second-order valence-corrected chi connectivity index (χ2v) is 4.69. The normalized spacial score (nSPS) is 10.5. The second-order valence-electron chi connectivity index (χ2n) is 4.69. The zero-order valence-corrected chi connectivity index (χ0v) is 11.6. The minimum Gasteiger partial charge on any atom is -0.326 e. The fourth-order valence-corrected chi connectivity index (χ4v) is 2.02.